The molecule has 0 aliphatic rings. The standard InChI is InChI=1S/C9H18N2OS/c1-4-11-9(3,6-10)7-13-8(2)5-12/h8,11-12H,4-5,7H2,1-3H3. The number of aliphatic hydroxyl groups excluding tert-OH is 1. The molecule has 3 nitrogen and oxygen atoms in total. The highest BCUT2D eigenvalue weighted by Crippen LogP contribution is 2.16. The van der Waals surface area contributed by atoms with Gasteiger partial charge >= 0.3 is 0 Å². The second-order valence-electron chi connectivity index (χ2n) is 3.28. The molecule has 0 saturated heterocycles. The average molecular weight is 202 g/mol. The third kappa shape index (κ3) is 5.14. The molecule has 0 aromatic rings. The van der Waals surface area contributed by atoms with E-state index in [4.69, 9.17) is 10.4 Å². The van der Waals surface area contributed by atoms with Crippen molar-refractivity contribution >= 4 is 11.8 Å². The molecule has 4 heteroatoms. The normalized spacial score (nSPS) is 17.5. The summed E-state index contributed by atoms with van der Waals surface area (Å²) >= 11 is 1.61. The van der Waals surface area contributed by atoms with Gasteiger partial charge in [0.25, 0.3) is 0 Å². The summed E-state index contributed by atoms with van der Waals surface area (Å²) in [6.45, 7) is 6.77. The molecule has 2 atom stereocenters. The topological polar surface area (TPSA) is 56.0 Å². The van der Waals surface area contributed by atoms with Gasteiger partial charge in [0, 0.05) is 11.0 Å². The van der Waals surface area contributed by atoms with Crippen LogP contribution >= 0.6 is 11.8 Å². The summed E-state index contributed by atoms with van der Waals surface area (Å²) in [5.41, 5.74) is -0.469. The molecule has 0 saturated carbocycles. The first-order valence-corrected chi connectivity index (χ1v) is 5.51. The number of rotatable bonds is 6. The summed E-state index contributed by atoms with van der Waals surface area (Å²) < 4.78 is 0. The summed E-state index contributed by atoms with van der Waals surface area (Å²) in [7, 11) is 0. The zero-order chi connectivity index (χ0) is 10.3. The highest BCUT2D eigenvalue weighted by Gasteiger charge is 2.22. The predicted molar refractivity (Wildman–Crippen MR) is 56.7 cm³/mol. The molecule has 0 rings (SSSR count). The lowest BCUT2D eigenvalue weighted by Gasteiger charge is -2.23. The van der Waals surface area contributed by atoms with E-state index in [-0.39, 0.29) is 11.9 Å². The minimum Gasteiger partial charge on any atom is -0.395 e. The van der Waals surface area contributed by atoms with Crippen molar-refractivity contribution in [3.05, 3.63) is 0 Å². The molecule has 0 aromatic carbocycles. The van der Waals surface area contributed by atoms with E-state index in [1.165, 1.54) is 0 Å². The first-order chi connectivity index (χ1) is 6.08. The number of hydrogen-bond acceptors (Lipinski definition) is 4. The molecule has 0 radical (unpaired) electrons. The van der Waals surface area contributed by atoms with Crippen molar-refractivity contribution in [2.45, 2.75) is 31.6 Å². The van der Waals surface area contributed by atoms with Crippen molar-refractivity contribution in [3.8, 4) is 6.07 Å². The van der Waals surface area contributed by atoms with Gasteiger partial charge in [0.15, 0.2) is 0 Å². The molecule has 2 N–H and O–H groups in total. The van der Waals surface area contributed by atoms with Gasteiger partial charge < -0.3 is 5.11 Å². The summed E-state index contributed by atoms with van der Waals surface area (Å²) in [6, 6.07) is 2.25. The van der Waals surface area contributed by atoms with Crippen molar-refractivity contribution in [2.75, 3.05) is 18.9 Å². The Morgan fingerprint density at radius 3 is 2.69 bits per heavy atom. The van der Waals surface area contributed by atoms with E-state index >= 15 is 0 Å². The van der Waals surface area contributed by atoms with Crippen molar-refractivity contribution < 1.29 is 5.11 Å². The van der Waals surface area contributed by atoms with Gasteiger partial charge in [-0.1, -0.05) is 13.8 Å². The van der Waals surface area contributed by atoms with Crippen LogP contribution in [0.3, 0.4) is 0 Å². The van der Waals surface area contributed by atoms with Crippen LogP contribution < -0.4 is 5.32 Å². The lowest BCUT2D eigenvalue weighted by molar-refractivity contribution is 0.300. The Bertz CT molecular complexity index is 181. The molecular formula is C9H18N2OS. The zero-order valence-electron chi connectivity index (χ0n) is 8.50. The number of aliphatic hydroxyl groups is 1. The van der Waals surface area contributed by atoms with E-state index < -0.39 is 5.54 Å². The van der Waals surface area contributed by atoms with E-state index in [1.807, 2.05) is 20.8 Å². The molecule has 0 bridgehead atoms. The first kappa shape index (κ1) is 12.8. The van der Waals surface area contributed by atoms with Crippen LogP contribution in [0.1, 0.15) is 20.8 Å². The fourth-order valence-corrected chi connectivity index (χ4v) is 1.76. The van der Waals surface area contributed by atoms with E-state index in [2.05, 4.69) is 11.4 Å². The SMILES string of the molecule is CCNC(C)(C#N)CSC(C)CO. The van der Waals surface area contributed by atoms with Crippen molar-refractivity contribution in [2.24, 2.45) is 0 Å². The van der Waals surface area contributed by atoms with E-state index in [9.17, 15) is 0 Å². The number of nitriles is 1. The number of nitrogens with one attached hydrogen (secondary N) is 1. The maximum absolute atomic E-state index is 8.91. The van der Waals surface area contributed by atoms with Crippen LogP contribution in [0.2, 0.25) is 0 Å². The average Bonchev–Trinajstić information content (AvgIpc) is 2.15. The smallest absolute Gasteiger partial charge is 0.113 e. The van der Waals surface area contributed by atoms with Crippen molar-refractivity contribution in [1.29, 1.82) is 5.26 Å². The highest BCUT2D eigenvalue weighted by atomic mass is 32.2. The summed E-state index contributed by atoms with van der Waals surface area (Å²) in [4.78, 5) is 0. The van der Waals surface area contributed by atoms with Crippen LogP contribution in [0.25, 0.3) is 0 Å². The molecule has 0 spiro atoms. The van der Waals surface area contributed by atoms with Crippen LogP contribution in [0.4, 0.5) is 0 Å². The van der Waals surface area contributed by atoms with Gasteiger partial charge in [0.05, 0.1) is 12.7 Å². The minimum absolute atomic E-state index is 0.165. The third-order valence-corrected chi connectivity index (χ3v) is 3.19. The van der Waals surface area contributed by atoms with Crippen LogP contribution in [0.5, 0.6) is 0 Å². The van der Waals surface area contributed by atoms with Gasteiger partial charge in [0.2, 0.25) is 0 Å². The number of hydrogen-bond donors (Lipinski definition) is 2. The molecule has 0 aromatic heterocycles. The van der Waals surface area contributed by atoms with Crippen LogP contribution in [-0.4, -0.2) is 34.8 Å². The summed E-state index contributed by atoms with van der Waals surface area (Å²) in [6.07, 6.45) is 0. The number of nitrogens with zero attached hydrogens (tertiary/aromatic N) is 1. The maximum Gasteiger partial charge on any atom is 0.113 e. The Kier molecular flexibility index (Phi) is 6.13. The Balaban J connectivity index is 3.92. The fourth-order valence-electron chi connectivity index (χ4n) is 0.875. The predicted octanol–water partition coefficient (Wildman–Crippen LogP) is 0.992. The molecule has 0 aliphatic carbocycles. The maximum atomic E-state index is 8.91. The van der Waals surface area contributed by atoms with Gasteiger partial charge in [-0.15, -0.1) is 0 Å². The summed E-state index contributed by atoms with van der Waals surface area (Å²) in [5.74, 6) is 0.707. The van der Waals surface area contributed by atoms with E-state index in [1.54, 1.807) is 11.8 Å². The summed E-state index contributed by atoms with van der Waals surface area (Å²) in [5, 5.41) is 21.0. The molecular weight excluding hydrogens is 184 g/mol. The lowest BCUT2D eigenvalue weighted by atomic mass is 10.1. The van der Waals surface area contributed by atoms with E-state index in [0.29, 0.717) is 5.75 Å². The second kappa shape index (κ2) is 6.25. The molecule has 0 fully saturated rings. The van der Waals surface area contributed by atoms with Gasteiger partial charge in [0.1, 0.15) is 5.54 Å². The van der Waals surface area contributed by atoms with E-state index in [0.717, 1.165) is 6.54 Å². The Hall–Kier alpha value is -0.240. The third-order valence-electron chi connectivity index (χ3n) is 1.73. The van der Waals surface area contributed by atoms with Crippen LogP contribution in [0.15, 0.2) is 0 Å². The van der Waals surface area contributed by atoms with Crippen LogP contribution in [-0.2, 0) is 0 Å². The quantitative estimate of drug-likeness (QED) is 0.674. The Morgan fingerprint density at radius 1 is 1.69 bits per heavy atom. The van der Waals surface area contributed by atoms with Gasteiger partial charge in [-0.3, -0.25) is 5.32 Å². The molecule has 13 heavy (non-hydrogen) atoms. The van der Waals surface area contributed by atoms with Gasteiger partial charge in [-0.05, 0) is 13.5 Å². The monoisotopic (exact) mass is 202 g/mol. The number of thioether (sulfide) groups is 1. The first-order valence-electron chi connectivity index (χ1n) is 4.46. The molecule has 76 valence electrons. The molecule has 2 unspecified atom stereocenters. The van der Waals surface area contributed by atoms with Crippen LogP contribution in [0, 0.1) is 11.3 Å². The van der Waals surface area contributed by atoms with Crippen molar-refractivity contribution in [1.82, 2.24) is 5.32 Å². The lowest BCUT2D eigenvalue weighted by Crippen LogP contribution is -2.43. The van der Waals surface area contributed by atoms with Gasteiger partial charge in [-0.2, -0.15) is 17.0 Å². The molecule has 0 aliphatic heterocycles. The van der Waals surface area contributed by atoms with Gasteiger partial charge in [-0.25, -0.2) is 0 Å². The highest BCUT2D eigenvalue weighted by molar-refractivity contribution is 8.00. The second-order valence-corrected chi connectivity index (χ2v) is 4.71. The Labute approximate surface area is 84.5 Å². The molecule has 0 heterocycles. The molecule has 0 amide bonds. The minimum atomic E-state index is -0.469. The fraction of sp³-hybridized carbons (Fsp3) is 0.889. The zero-order valence-corrected chi connectivity index (χ0v) is 9.32. The Morgan fingerprint density at radius 2 is 2.31 bits per heavy atom. The van der Waals surface area contributed by atoms with Crippen molar-refractivity contribution in [3.63, 3.8) is 0 Å². The largest absolute Gasteiger partial charge is 0.395 e.